The van der Waals surface area contributed by atoms with Gasteiger partial charge in [-0.3, -0.25) is 9.63 Å². The van der Waals surface area contributed by atoms with Gasteiger partial charge in [0.15, 0.2) is 0 Å². The van der Waals surface area contributed by atoms with Gasteiger partial charge in [0.25, 0.3) is 5.91 Å². The number of fused-ring (bicyclic) bond motifs is 1. The summed E-state index contributed by atoms with van der Waals surface area (Å²) in [7, 11) is 4.00. The number of nitrogens with one attached hydrogen (secondary N) is 2. The SMILES string of the molecule is CCc1ccccc1Nc1c(C(=O)NOCCCN(C)C)cnc2scnc12. The lowest BCUT2D eigenvalue weighted by molar-refractivity contribution is 0.0289. The Labute approximate surface area is 168 Å². The number of benzene rings is 1. The number of hydrogen-bond acceptors (Lipinski definition) is 7. The van der Waals surface area contributed by atoms with Crippen molar-refractivity contribution in [2.75, 3.05) is 32.6 Å². The zero-order valence-electron chi connectivity index (χ0n) is 16.4. The summed E-state index contributed by atoms with van der Waals surface area (Å²) in [6.07, 6.45) is 3.27. The fourth-order valence-electron chi connectivity index (χ4n) is 2.83. The average Bonchev–Trinajstić information content (AvgIpc) is 3.17. The van der Waals surface area contributed by atoms with Crippen LogP contribution in [0.3, 0.4) is 0 Å². The second-order valence-corrected chi connectivity index (χ2v) is 7.46. The third-order valence-corrected chi connectivity index (χ3v) is 5.02. The molecule has 0 radical (unpaired) electrons. The summed E-state index contributed by atoms with van der Waals surface area (Å²) >= 11 is 1.44. The number of aryl methyl sites for hydroxylation is 1. The number of pyridine rings is 1. The number of para-hydroxylation sites is 1. The highest BCUT2D eigenvalue weighted by Crippen LogP contribution is 2.31. The van der Waals surface area contributed by atoms with Gasteiger partial charge in [0.1, 0.15) is 10.3 Å². The molecule has 0 aliphatic rings. The molecule has 2 N–H and O–H groups in total. The second-order valence-electron chi connectivity index (χ2n) is 6.63. The Morgan fingerprint density at radius 1 is 1.25 bits per heavy atom. The van der Waals surface area contributed by atoms with Crippen molar-refractivity contribution < 1.29 is 9.63 Å². The smallest absolute Gasteiger partial charge is 0.278 e. The van der Waals surface area contributed by atoms with E-state index >= 15 is 0 Å². The molecule has 0 aliphatic heterocycles. The molecule has 2 heterocycles. The first kappa shape index (κ1) is 20.2. The quantitative estimate of drug-likeness (QED) is 0.423. The fourth-order valence-corrected chi connectivity index (χ4v) is 3.46. The molecular weight excluding hydrogens is 374 g/mol. The summed E-state index contributed by atoms with van der Waals surface area (Å²) < 4.78 is 0. The number of hydroxylamine groups is 1. The number of thiazole rings is 1. The van der Waals surface area contributed by atoms with Crippen LogP contribution >= 0.6 is 11.3 Å². The Morgan fingerprint density at radius 3 is 2.86 bits per heavy atom. The summed E-state index contributed by atoms with van der Waals surface area (Å²) in [5, 5.41) is 3.40. The largest absolute Gasteiger partial charge is 0.353 e. The first-order chi connectivity index (χ1) is 13.6. The van der Waals surface area contributed by atoms with E-state index in [0.717, 1.165) is 35.5 Å². The number of amides is 1. The minimum atomic E-state index is -0.344. The maximum Gasteiger partial charge on any atom is 0.278 e. The Balaban J connectivity index is 1.82. The number of rotatable bonds is 9. The Kier molecular flexibility index (Phi) is 6.91. The van der Waals surface area contributed by atoms with E-state index in [2.05, 4.69) is 38.7 Å². The van der Waals surface area contributed by atoms with E-state index in [-0.39, 0.29) is 5.91 Å². The van der Waals surface area contributed by atoms with Crippen molar-refractivity contribution in [1.82, 2.24) is 20.3 Å². The monoisotopic (exact) mass is 399 g/mol. The zero-order valence-corrected chi connectivity index (χ0v) is 17.2. The second kappa shape index (κ2) is 9.59. The number of nitrogens with zero attached hydrogens (tertiary/aromatic N) is 3. The lowest BCUT2D eigenvalue weighted by Gasteiger charge is -2.15. The summed E-state index contributed by atoms with van der Waals surface area (Å²) in [5.74, 6) is -0.344. The van der Waals surface area contributed by atoms with E-state index in [0.29, 0.717) is 23.4 Å². The molecule has 0 bridgehead atoms. The first-order valence-electron chi connectivity index (χ1n) is 9.24. The van der Waals surface area contributed by atoms with Crippen LogP contribution in [0.2, 0.25) is 0 Å². The van der Waals surface area contributed by atoms with Crippen LogP contribution in [0.1, 0.15) is 29.3 Å². The number of aromatic nitrogens is 2. The van der Waals surface area contributed by atoms with Gasteiger partial charge < -0.3 is 10.2 Å². The van der Waals surface area contributed by atoms with Crippen molar-refractivity contribution in [1.29, 1.82) is 0 Å². The molecule has 148 valence electrons. The van der Waals surface area contributed by atoms with Crippen LogP contribution in [0, 0.1) is 0 Å². The molecule has 0 atom stereocenters. The molecule has 0 saturated heterocycles. The topological polar surface area (TPSA) is 79.4 Å². The van der Waals surface area contributed by atoms with Gasteiger partial charge in [-0.05, 0) is 45.1 Å². The van der Waals surface area contributed by atoms with Gasteiger partial charge in [0.2, 0.25) is 0 Å². The minimum absolute atomic E-state index is 0.344. The number of hydrogen-bond donors (Lipinski definition) is 2. The van der Waals surface area contributed by atoms with Gasteiger partial charge in [-0.15, -0.1) is 11.3 Å². The fraction of sp³-hybridized carbons (Fsp3) is 0.350. The highest BCUT2D eigenvalue weighted by Gasteiger charge is 2.18. The molecule has 7 nitrogen and oxygen atoms in total. The van der Waals surface area contributed by atoms with Crippen LogP contribution < -0.4 is 10.8 Å². The van der Waals surface area contributed by atoms with E-state index in [9.17, 15) is 4.79 Å². The molecule has 3 rings (SSSR count). The van der Waals surface area contributed by atoms with Crippen molar-refractivity contribution in [3.05, 3.63) is 47.1 Å². The van der Waals surface area contributed by atoms with Crippen LogP contribution in [0.15, 0.2) is 36.0 Å². The van der Waals surface area contributed by atoms with Gasteiger partial charge in [-0.1, -0.05) is 25.1 Å². The normalized spacial score (nSPS) is 11.1. The molecule has 0 unspecified atom stereocenters. The Morgan fingerprint density at radius 2 is 2.07 bits per heavy atom. The number of carbonyl (C=O) groups is 1. The number of carbonyl (C=O) groups excluding carboxylic acids is 1. The maximum atomic E-state index is 12.7. The predicted octanol–water partition coefficient (Wildman–Crippen LogP) is 3.61. The summed E-state index contributed by atoms with van der Waals surface area (Å²) in [6.45, 7) is 3.43. The molecule has 0 fully saturated rings. The third kappa shape index (κ3) is 4.83. The van der Waals surface area contributed by atoms with Gasteiger partial charge in [0, 0.05) is 11.9 Å². The van der Waals surface area contributed by atoms with E-state index in [1.54, 1.807) is 11.7 Å². The summed E-state index contributed by atoms with van der Waals surface area (Å²) in [6, 6.07) is 8.03. The molecule has 1 amide bonds. The molecule has 8 heteroatoms. The highest BCUT2D eigenvalue weighted by atomic mass is 32.1. The standard InChI is InChI=1S/C20H25N5O2S/c1-4-14-8-5-6-9-16(14)23-17-15(12-21-20-18(17)22-13-28-20)19(26)24-27-11-7-10-25(2)3/h5-6,8-9,12-13H,4,7,10-11H2,1-3H3,(H,21,23)(H,24,26). The molecular formula is C20H25N5O2S. The Hall–Kier alpha value is -2.55. The van der Waals surface area contributed by atoms with E-state index in [1.165, 1.54) is 11.3 Å². The zero-order chi connectivity index (χ0) is 19.9. The van der Waals surface area contributed by atoms with E-state index < -0.39 is 0 Å². The van der Waals surface area contributed by atoms with Crippen molar-refractivity contribution in [3.63, 3.8) is 0 Å². The van der Waals surface area contributed by atoms with Gasteiger partial charge in [-0.2, -0.15) is 0 Å². The van der Waals surface area contributed by atoms with Crippen molar-refractivity contribution in [3.8, 4) is 0 Å². The first-order valence-corrected chi connectivity index (χ1v) is 10.1. The van der Waals surface area contributed by atoms with Crippen molar-refractivity contribution >= 4 is 39.0 Å². The van der Waals surface area contributed by atoms with Crippen LogP contribution in [-0.2, 0) is 11.3 Å². The predicted molar refractivity (Wildman–Crippen MR) is 113 cm³/mol. The molecule has 0 aliphatic carbocycles. The van der Waals surface area contributed by atoms with Crippen molar-refractivity contribution in [2.24, 2.45) is 0 Å². The molecule has 1 aromatic carbocycles. The van der Waals surface area contributed by atoms with E-state index in [1.807, 2.05) is 32.3 Å². The molecule has 0 saturated carbocycles. The van der Waals surface area contributed by atoms with Crippen LogP contribution in [-0.4, -0.2) is 48.0 Å². The van der Waals surface area contributed by atoms with Gasteiger partial charge in [0.05, 0.1) is 23.4 Å². The lowest BCUT2D eigenvalue weighted by atomic mass is 10.1. The minimum Gasteiger partial charge on any atom is -0.353 e. The van der Waals surface area contributed by atoms with Gasteiger partial charge in [-0.25, -0.2) is 15.4 Å². The number of anilines is 2. The molecule has 0 spiro atoms. The van der Waals surface area contributed by atoms with Crippen LogP contribution in [0.4, 0.5) is 11.4 Å². The van der Waals surface area contributed by atoms with Gasteiger partial charge >= 0.3 is 0 Å². The van der Waals surface area contributed by atoms with E-state index in [4.69, 9.17) is 4.84 Å². The van der Waals surface area contributed by atoms with Crippen LogP contribution in [0.5, 0.6) is 0 Å². The molecule has 2 aromatic heterocycles. The molecule has 3 aromatic rings. The summed E-state index contributed by atoms with van der Waals surface area (Å²) in [5.41, 5.74) is 8.08. The van der Waals surface area contributed by atoms with Crippen LogP contribution in [0.25, 0.3) is 10.3 Å². The average molecular weight is 400 g/mol. The maximum absolute atomic E-state index is 12.7. The lowest BCUT2D eigenvalue weighted by Crippen LogP contribution is -2.26. The third-order valence-electron chi connectivity index (χ3n) is 4.28. The molecule has 28 heavy (non-hydrogen) atoms. The van der Waals surface area contributed by atoms with Crippen molar-refractivity contribution in [2.45, 2.75) is 19.8 Å². The Bertz CT molecular complexity index is 941. The summed E-state index contributed by atoms with van der Waals surface area (Å²) in [4.78, 5) is 29.7. The highest BCUT2D eigenvalue weighted by molar-refractivity contribution is 7.16.